The van der Waals surface area contributed by atoms with Crippen LogP contribution in [0.25, 0.3) is 0 Å². The maximum atomic E-state index is 13.5. The van der Waals surface area contributed by atoms with Gasteiger partial charge in [0.25, 0.3) is 0 Å². The van der Waals surface area contributed by atoms with Crippen molar-refractivity contribution in [2.75, 3.05) is 11.1 Å². The fourth-order valence-electron chi connectivity index (χ4n) is 1.84. The molecule has 5 heteroatoms. The smallest absolute Gasteiger partial charge is 0.228 e. The third-order valence-corrected chi connectivity index (χ3v) is 3.56. The first-order chi connectivity index (χ1) is 9.47. The number of hydrogen-bond acceptors (Lipinski definition) is 2. The first kappa shape index (κ1) is 14.5. The van der Waals surface area contributed by atoms with Crippen LogP contribution in [0, 0.1) is 12.7 Å². The topological polar surface area (TPSA) is 55.1 Å². The summed E-state index contributed by atoms with van der Waals surface area (Å²) >= 11 is 3.11. The predicted octanol–water partition coefficient (Wildman–Crippen LogP) is 3.66. The van der Waals surface area contributed by atoms with Gasteiger partial charge in [-0.25, -0.2) is 4.39 Å². The number of carbonyl (C=O) groups excluding carboxylic acids is 1. The Labute approximate surface area is 125 Å². The molecule has 2 aromatic carbocycles. The van der Waals surface area contributed by atoms with Gasteiger partial charge in [-0.2, -0.15) is 0 Å². The normalized spacial score (nSPS) is 10.3. The molecule has 3 N–H and O–H groups in total. The lowest BCUT2D eigenvalue weighted by atomic mass is 10.1. The molecular formula is C15H14BrFN2O. The second kappa shape index (κ2) is 6.05. The summed E-state index contributed by atoms with van der Waals surface area (Å²) in [5, 5.41) is 2.70. The molecule has 0 aliphatic carbocycles. The molecule has 104 valence electrons. The fourth-order valence-corrected chi connectivity index (χ4v) is 2.30. The largest absolute Gasteiger partial charge is 0.398 e. The summed E-state index contributed by atoms with van der Waals surface area (Å²) in [5.41, 5.74) is 8.36. The minimum atomic E-state index is -0.412. The number of nitrogen functional groups attached to an aromatic ring is 1. The van der Waals surface area contributed by atoms with E-state index in [1.54, 1.807) is 25.1 Å². The molecule has 0 spiro atoms. The third-order valence-electron chi connectivity index (χ3n) is 2.95. The average molecular weight is 337 g/mol. The molecule has 0 aliphatic rings. The van der Waals surface area contributed by atoms with Gasteiger partial charge >= 0.3 is 0 Å². The Morgan fingerprint density at radius 1 is 1.35 bits per heavy atom. The molecule has 3 nitrogen and oxygen atoms in total. The van der Waals surface area contributed by atoms with Crippen LogP contribution in [0.1, 0.15) is 11.1 Å². The Kier molecular flexibility index (Phi) is 4.39. The number of amides is 1. The monoisotopic (exact) mass is 336 g/mol. The van der Waals surface area contributed by atoms with Crippen LogP contribution in [-0.2, 0) is 11.2 Å². The van der Waals surface area contributed by atoms with E-state index in [1.807, 2.05) is 12.1 Å². The highest BCUT2D eigenvalue weighted by atomic mass is 79.9. The van der Waals surface area contributed by atoms with Gasteiger partial charge in [-0.05, 0) is 52.2 Å². The van der Waals surface area contributed by atoms with Crippen molar-refractivity contribution < 1.29 is 9.18 Å². The molecule has 0 fully saturated rings. The molecule has 0 radical (unpaired) electrons. The lowest BCUT2D eigenvalue weighted by molar-refractivity contribution is -0.115. The summed E-state index contributed by atoms with van der Waals surface area (Å²) in [6, 6.07) is 10.1. The summed E-state index contributed by atoms with van der Waals surface area (Å²) in [4.78, 5) is 12.0. The second-order valence-electron chi connectivity index (χ2n) is 4.51. The molecule has 0 heterocycles. The van der Waals surface area contributed by atoms with E-state index >= 15 is 0 Å². The van der Waals surface area contributed by atoms with Crippen LogP contribution < -0.4 is 11.1 Å². The van der Waals surface area contributed by atoms with E-state index in [2.05, 4.69) is 21.2 Å². The maximum Gasteiger partial charge on any atom is 0.228 e. The van der Waals surface area contributed by atoms with E-state index in [4.69, 9.17) is 5.73 Å². The van der Waals surface area contributed by atoms with E-state index < -0.39 is 5.82 Å². The van der Waals surface area contributed by atoms with Gasteiger partial charge in [0.2, 0.25) is 5.91 Å². The van der Waals surface area contributed by atoms with Crippen molar-refractivity contribution in [2.24, 2.45) is 0 Å². The molecule has 2 rings (SSSR count). The zero-order valence-corrected chi connectivity index (χ0v) is 12.5. The highest BCUT2D eigenvalue weighted by Crippen LogP contribution is 2.24. The molecule has 0 saturated heterocycles. The van der Waals surface area contributed by atoms with Crippen molar-refractivity contribution in [3.63, 3.8) is 0 Å². The van der Waals surface area contributed by atoms with Gasteiger partial charge in [0.05, 0.1) is 10.9 Å². The Morgan fingerprint density at radius 2 is 2.05 bits per heavy atom. The minimum Gasteiger partial charge on any atom is -0.398 e. The average Bonchev–Trinajstić information content (AvgIpc) is 2.39. The Bertz CT molecular complexity index is 658. The number of aryl methyl sites for hydroxylation is 1. The van der Waals surface area contributed by atoms with Crippen LogP contribution in [0.5, 0.6) is 0 Å². The fraction of sp³-hybridized carbons (Fsp3) is 0.133. The van der Waals surface area contributed by atoms with E-state index in [9.17, 15) is 9.18 Å². The van der Waals surface area contributed by atoms with Crippen molar-refractivity contribution in [3.8, 4) is 0 Å². The lowest BCUT2D eigenvalue weighted by Crippen LogP contribution is -2.16. The summed E-state index contributed by atoms with van der Waals surface area (Å²) in [6.45, 7) is 1.80. The van der Waals surface area contributed by atoms with Crippen LogP contribution >= 0.6 is 15.9 Å². The van der Waals surface area contributed by atoms with Crippen molar-refractivity contribution in [1.82, 2.24) is 0 Å². The van der Waals surface area contributed by atoms with Gasteiger partial charge in [0.15, 0.2) is 0 Å². The molecule has 0 aliphatic heterocycles. The first-order valence-corrected chi connectivity index (χ1v) is 6.85. The van der Waals surface area contributed by atoms with Crippen LogP contribution in [0.4, 0.5) is 15.8 Å². The molecule has 1 amide bonds. The molecule has 0 aromatic heterocycles. The highest BCUT2D eigenvalue weighted by Gasteiger charge is 2.10. The van der Waals surface area contributed by atoms with E-state index in [1.165, 1.54) is 6.07 Å². The number of nitrogens with one attached hydrogen (secondary N) is 1. The number of hydrogen-bond donors (Lipinski definition) is 2. The number of benzene rings is 2. The zero-order chi connectivity index (χ0) is 14.7. The van der Waals surface area contributed by atoms with Crippen LogP contribution in [0.3, 0.4) is 0 Å². The minimum absolute atomic E-state index is 0.157. The number of halogens is 2. The van der Waals surface area contributed by atoms with E-state index in [0.717, 1.165) is 11.1 Å². The van der Waals surface area contributed by atoms with Crippen molar-refractivity contribution in [3.05, 3.63) is 57.8 Å². The van der Waals surface area contributed by atoms with Gasteiger partial charge in [-0.1, -0.05) is 18.2 Å². The second-order valence-corrected chi connectivity index (χ2v) is 5.36. The van der Waals surface area contributed by atoms with Gasteiger partial charge in [0.1, 0.15) is 5.82 Å². The SMILES string of the molecule is Cc1cc(Br)c(F)cc1NC(=O)Cc1ccccc1N. The van der Waals surface area contributed by atoms with E-state index in [-0.39, 0.29) is 12.3 Å². The predicted molar refractivity (Wildman–Crippen MR) is 82.0 cm³/mol. The van der Waals surface area contributed by atoms with Crippen molar-refractivity contribution in [1.29, 1.82) is 0 Å². The molecular weight excluding hydrogens is 323 g/mol. The zero-order valence-electron chi connectivity index (χ0n) is 10.9. The number of nitrogens with two attached hydrogens (primary N) is 1. The number of anilines is 2. The van der Waals surface area contributed by atoms with Gasteiger partial charge in [0, 0.05) is 11.4 Å². The molecule has 20 heavy (non-hydrogen) atoms. The standard InChI is InChI=1S/C15H14BrFN2O/c1-9-6-11(16)12(17)8-14(9)19-15(20)7-10-4-2-3-5-13(10)18/h2-6,8H,7,18H2,1H3,(H,19,20). The van der Waals surface area contributed by atoms with Crippen LogP contribution in [0.15, 0.2) is 40.9 Å². The number of rotatable bonds is 3. The van der Waals surface area contributed by atoms with Crippen molar-refractivity contribution in [2.45, 2.75) is 13.3 Å². The Morgan fingerprint density at radius 3 is 2.75 bits per heavy atom. The highest BCUT2D eigenvalue weighted by molar-refractivity contribution is 9.10. The molecule has 0 atom stereocenters. The molecule has 0 unspecified atom stereocenters. The molecule has 0 saturated carbocycles. The maximum absolute atomic E-state index is 13.5. The first-order valence-electron chi connectivity index (χ1n) is 6.06. The molecule has 0 bridgehead atoms. The summed E-state index contributed by atoms with van der Waals surface area (Å²) in [7, 11) is 0. The van der Waals surface area contributed by atoms with Crippen LogP contribution in [-0.4, -0.2) is 5.91 Å². The van der Waals surface area contributed by atoms with Crippen molar-refractivity contribution >= 4 is 33.2 Å². The number of para-hydroxylation sites is 1. The quantitative estimate of drug-likeness (QED) is 0.840. The summed E-state index contributed by atoms with van der Waals surface area (Å²) in [5.74, 6) is -0.641. The summed E-state index contributed by atoms with van der Waals surface area (Å²) in [6.07, 6.45) is 0.157. The Hall–Kier alpha value is -1.88. The molecule has 2 aromatic rings. The van der Waals surface area contributed by atoms with Gasteiger partial charge < -0.3 is 11.1 Å². The number of carbonyl (C=O) groups is 1. The summed E-state index contributed by atoms with van der Waals surface area (Å²) < 4.78 is 13.9. The lowest BCUT2D eigenvalue weighted by Gasteiger charge is -2.10. The Balaban J connectivity index is 2.13. The van der Waals surface area contributed by atoms with Crippen LogP contribution in [0.2, 0.25) is 0 Å². The third kappa shape index (κ3) is 3.36. The van der Waals surface area contributed by atoms with Gasteiger partial charge in [-0.3, -0.25) is 4.79 Å². The van der Waals surface area contributed by atoms with E-state index in [0.29, 0.717) is 15.8 Å². The van der Waals surface area contributed by atoms with Gasteiger partial charge in [-0.15, -0.1) is 0 Å².